The lowest BCUT2D eigenvalue weighted by atomic mass is 9.98. The molecule has 0 spiro atoms. The second-order valence-electron chi connectivity index (χ2n) is 6.43. The number of aromatic amines is 1. The number of alkyl halides is 3. The Kier molecular flexibility index (Phi) is 5.38. The normalized spacial score (nSPS) is 16.6. The van der Waals surface area contributed by atoms with E-state index in [1.807, 2.05) is 0 Å². The molecular weight excluding hydrogens is 399 g/mol. The van der Waals surface area contributed by atoms with Crippen LogP contribution in [0, 0.1) is 0 Å². The van der Waals surface area contributed by atoms with E-state index in [0.29, 0.717) is 17.7 Å². The summed E-state index contributed by atoms with van der Waals surface area (Å²) in [6, 6.07) is 2.75. The number of amides is 1. The molecular formula is C18H17ClF3N3O3. The topological polar surface area (TPSA) is 75.3 Å². The summed E-state index contributed by atoms with van der Waals surface area (Å²) in [5, 5.41) is 6.27. The van der Waals surface area contributed by atoms with Gasteiger partial charge in [-0.15, -0.1) is 0 Å². The van der Waals surface area contributed by atoms with E-state index in [4.69, 9.17) is 16.3 Å². The molecule has 6 nitrogen and oxygen atoms in total. The maximum absolute atomic E-state index is 13.1. The number of fused-ring (bicyclic) bond motifs is 1. The average Bonchev–Trinajstić information content (AvgIpc) is 3.02. The smallest absolute Gasteiger partial charge is 0.417 e. The van der Waals surface area contributed by atoms with Crippen molar-refractivity contribution in [2.75, 3.05) is 6.61 Å². The van der Waals surface area contributed by atoms with Crippen LogP contribution in [-0.4, -0.2) is 39.6 Å². The molecule has 150 valence electrons. The number of rotatable bonds is 3. The van der Waals surface area contributed by atoms with Gasteiger partial charge in [0.05, 0.1) is 23.7 Å². The monoisotopic (exact) mass is 415 g/mol. The van der Waals surface area contributed by atoms with Crippen molar-refractivity contribution in [2.45, 2.75) is 39.0 Å². The van der Waals surface area contributed by atoms with E-state index in [-0.39, 0.29) is 30.5 Å². The predicted molar refractivity (Wildman–Crippen MR) is 94.0 cm³/mol. The first kappa shape index (κ1) is 20.2. The molecule has 1 aromatic heterocycles. The first-order chi connectivity index (χ1) is 13.1. The van der Waals surface area contributed by atoms with Gasteiger partial charge in [0.15, 0.2) is 5.69 Å². The van der Waals surface area contributed by atoms with Crippen molar-refractivity contribution in [2.24, 2.45) is 0 Å². The number of H-pyrrole nitrogens is 1. The first-order valence-corrected chi connectivity index (χ1v) is 8.92. The Bertz CT molecular complexity index is 927. The van der Waals surface area contributed by atoms with Gasteiger partial charge in [-0.25, -0.2) is 4.79 Å². The Morgan fingerprint density at radius 2 is 2.11 bits per heavy atom. The molecule has 0 bridgehead atoms. The summed E-state index contributed by atoms with van der Waals surface area (Å²) >= 11 is 5.63. The van der Waals surface area contributed by atoms with Crippen LogP contribution in [0.5, 0.6) is 0 Å². The van der Waals surface area contributed by atoms with Gasteiger partial charge < -0.3 is 9.64 Å². The number of ether oxygens (including phenoxy) is 1. The zero-order valence-corrected chi connectivity index (χ0v) is 15.8. The summed E-state index contributed by atoms with van der Waals surface area (Å²) in [7, 11) is 0. The SMILES string of the molecule is CCOC(=O)c1n[nH]c2c1CN(C(=O)c1ccc(Cl)c(C(F)(F)F)c1)[C@H](C)C2. The number of carbonyl (C=O) groups is 2. The van der Waals surface area contributed by atoms with Gasteiger partial charge >= 0.3 is 12.1 Å². The van der Waals surface area contributed by atoms with Gasteiger partial charge in [-0.3, -0.25) is 9.89 Å². The second kappa shape index (κ2) is 7.46. The van der Waals surface area contributed by atoms with Gasteiger partial charge in [0.2, 0.25) is 0 Å². The van der Waals surface area contributed by atoms with E-state index in [2.05, 4.69) is 10.2 Å². The molecule has 1 amide bonds. The molecule has 1 aliphatic heterocycles. The third-order valence-electron chi connectivity index (χ3n) is 4.56. The van der Waals surface area contributed by atoms with Gasteiger partial charge in [-0.2, -0.15) is 18.3 Å². The average molecular weight is 416 g/mol. The Morgan fingerprint density at radius 1 is 1.39 bits per heavy atom. The maximum atomic E-state index is 13.1. The zero-order valence-electron chi connectivity index (χ0n) is 15.1. The fraction of sp³-hybridized carbons (Fsp3) is 0.389. The van der Waals surface area contributed by atoms with Crippen LogP contribution in [0.3, 0.4) is 0 Å². The van der Waals surface area contributed by atoms with Gasteiger partial charge in [0.1, 0.15) is 0 Å². The highest BCUT2D eigenvalue weighted by Crippen LogP contribution is 2.36. The lowest BCUT2D eigenvalue weighted by Crippen LogP contribution is -2.43. The van der Waals surface area contributed by atoms with Crippen LogP contribution in [0.2, 0.25) is 5.02 Å². The summed E-state index contributed by atoms with van der Waals surface area (Å²) < 4.78 is 44.3. The van der Waals surface area contributed by atoms with Crippen LogP contribution >= 0.6 is 11.6 Å². The standard InChI is InChI=1S/C18H17ClF3N3O3/c1-3-28-17(27)15-11-8-25(9(2)6-14(11)23-24-15)16(26)10-4-5-13(19)12(7-10)18(20,21)22/h4-5,7,9H,3,6,8H2,1-2H3,(H,23,24)/t9-/m1/s1. The number of halogens is 4. The number of nitrogens with one attached hydrogen (secondary N) is 1. The van der Waals surface area contributed by atoms with Gasteiger partial charge in [0, 0.05) is 29.3 Å². The van der Waals surface area contributed by atoms with Crippen molar-refractivity contribution in [1.29, 1.82) is 0 Å². The largest absolute Gasteiger partial charge is 0.461 e. The summed E-state index contributed by atoms with van der Waals surface area (Å²) in [4.78, 5) is 26.4. The fourth-order valence-electron chi connectivity index (χ4n) is 3.15. The summed E-state index contributed by atoms with van der Waals surface area (Å²) in [5.74, 6) is -1.20. The molecule has 0 radical (unpaired) electrons. The highest BCUT2D eigenvalue weighted by atomic mass is 35.5. The van der Waals surface area contributed by atoms with Crippen molar-refractivity contribution >= 4 is 23.5 Å². The minimum Gasteiger partial charge on any atom is -0.461 e. The van der Waals surface area contributed by atoms with E-state index in [1.54, 1.807) is 13.8 Å². The molecule has 1 N–H and O–H groups in total. The summed E-state index contributed by atoms with van der Waals surface area (Å²) in [6.07, 6.45) is -4.29. The number of hydrogen-bond donors (Lipinski definition) is 1. The van der Waals surface area contributed by atoms with Crippen LogP contribution < -0.4 is 0 Å². The van der Waals surface area contributed by atoms with Crippen molar-refractivity contribution in [3.63, 3.8) is 0 Å². The molecule has 0 saturated heterocycles. The van der Waals surface area contributed by atoms with Crippen LogP contribution in [-0.2, 0) is 23.9 Å². The molecule has 28 heavy (non-hydrogen) atoms. The number of carbonyl (C=O) groups excluding carboxylic acids is 2. The molecule has 1 atom stereocenters. The van der Waals surface area contributed by atoms with Crippen molar-refractivity contribution in [3.8, 4) is 0 Å². The Morgan fingerprint density at radius 3 is 2.75 bits per heavy atom. The molecule has 1 aromatic carbocycles. The highest BCUT2D eigenvalue weighted by Gasteiger charge is 2.36. The molecule has 0 saturated carbocycles. The zero-order chi connectivity index (χ0) is 20.6. The predicted octanol–water partition coefficient (Wildman–Crippen LogP) is 3.85. The van der Waals surface area contributed by atoms with Gasteiger partial charge in [0.25, 0.3) is 5.91 Å². The Labute approximate surface area is 163 Å². The fourth-order valence-corrected chi connectivity index (χ4v) is 3.38. The second-order valence-corrected chi connectivity index (χ2v) is 6.84. The van der Waals surface area contributed by atoms with E-state index in [9.17, 15) is 22.8 Å². The van der Waals surface area contributed by atoms with E-state index < -0.39 is 28.6 Å². The Hall–Kier alpha value is -2.55. The van der Waals surface area contributed by atoms with Crippen molar-refractivity contribution in [1.82, 2.24) is 15.1 Å². The molecule has 0 fully saturated rings. The number of hydrogen-bond acceptors (Lipinski definition) is 4. The van der Waals surface area contributed by atoms with Crippen molar-refractivity contribution < 1.29 is 27.5 Å². The Balaban J connectivity index is 1.92. The molecule has 0 aliphatic carbocycles. The third-order valence-corrected chi connectivity index (χ3v) is 4.89. The molecule has 1 aliphatic rings. The molecule has 2 heterocycles. The number of benzene rings is 1. The minimum absolute atomic E-state index is 0.0317. The summed E-state index contributed by atoms with van der Waals surface area (Å²) in [6.45, 7) is 3.63. The number of esters is 1. The van der Waals surface area contributed by atoms with Gasteiger partial charge in [-0.05, 0) is 32.0 Å². The molecule has 10 heteroatoms. The van der Waals surface area contributed by atoms with E-state index in [0.717, 1.165) is 12.1 Å². The quantitative estimate of drug-likeness (QED) is 0.773. The van der Waals surface area contributed by atoms with Crippen LogP contribution in [0.4, 0.5) is 13.2 Å². The lowest BCUT2D eigenvalue weighted by Gasteiger charge is -2.33. The summed E-state index contributed by atoms with van der Waals surface area (Å²) in [5.41, 5.74) is 0.0873. The van der Waals surface area contributed by atoms with Gasteiger partial charge in [-0.1, -0.05) is 11.6 Å². The number of nitrogens with zero attached hydrogens (tertiary/aromatic N) is 2. The first-order valence-electron chi connectivity index (χ1n) is 8.54. The van der Waals surface area contributed by atoms with E-state index >= 15 is 0 Å². The molecule has 3 rings (SSSR count). The lowest BCUT2D eigenvalue weighted by molar-refractivity contribution is -0.137. The molecule has 0 unspecified atom stereocenters. The highest BCUT2D eigenvalue weighted by molar-refractivity contribution is 6.31. The van der Waals surface area contributed by atoms with Crippen LogP contribution in [0.1, 0.15) is 51.5 Å². The number of aromatic nitrogens is 2. The molecule has 2 aromatic rings. The van der Waals surface area contributed by atoms with Crippen LogP contribution in [0.25, 0.3) is 0 Å². The van der Waals surface area contributed by atoms with Crippen LogP contribution in [0.15, 0.2) is 18.2 Å². The maximum Gasteiger partial charge on any atom is 0.417 e. The third kappa shape index (κ3) is 3.71. The minimum atomic E-state index is -4.67. The van der Waals surface area contributed by atoms with E-state index in [1.165, 1.54) is 11.0 Å². The van der Waals surface area contributed by atoms with Crippen molar-refractivity contribution in [3.05, 3.63) is 51.3 Å².